The molecule has 1 aliphatic rings. The van der Waals surface area contributed by atoms with Gasteiger partial charge in [0.05, 0.1) is 0 Å². The number of carbonyl (C=O) groups is 1. The van der Waals surface area contributed by atoms with Crippen molar-refractivity contribution in [3.8, 4) is 0 Å². The van der Waals surface area contributed by atoms with E-state index < -0.39 is 0 Å². The summed E-state index contributed by atoms with van der Waals surface area (Å²) in [7, 11) is 0. The molecule has 1 heterocycles. The fraction of sp³-hybridized carbons (Fsp3) is 0.188. The lowest BCUT2D eigenvalue weighted by molar-refractivity contribution is 0.102. The molecule has 3 nitrogen and oxygen atoms in total. The van der Waals surface area contributed by atoms with Gasteiger partial charge in [-0.15, -0.1) is 0 Å². The van der Waals surface area contributed by atoms with E-state index in [-0.39, 0.29) is 5.91 Å². The normalized spacial score (nSPS) is 13.7. The highest BCUT2D eigenvalue weighted by molar-refractivity contribution is 6.30. The molecule has 0 spiro atoms. The van der Waals surface area contributed by atoms with Crippen LogP contribution < -0.4 is 10.6 Å². The van der Waals surface area contributed by atoms with E-state index in [9.17, 15) is 4.79 Å². The van der Waals surface area contributed by atoms with Crippen LogP contribution in [-0.4, -0.2) is 12.5 Å². The molecule has 1 aliphatic heterocycles. The van der Waals surface area contributed by atoms with Gasteiger partial charge in [-0.1, -0.05) is 23.7 Å². The maximum atomic E-state index is 12.2. The number of fused-ring (bicyclic) bond motifs is 1. The summed E-state index contributed by atoms with van der Waals surface area (Å²) >= 11 is 5.91. The lowest BCUT2D eigenvalue weighted by Crippen LogP contribution is -2.24. The van der Waals surface area contributed by atoms with Gasteiger partial charge in [0, 0.05) is 22.8 Å². The summed E-state index contributed by atoms with van der Waals surface area (Å²) in [6.45, 7) is 1.83. The monoisotopic (exact) mass is 286 g/mol. The van der Waals surface area contributed by atoms with E-state index >= 15 is 0 Å². The van der Waals surface area contributed by atoms with Crippen LogP contribution in [0, 0.1) is 0 Å². The minimum absolute atomic E-state index is 0.111. The van der Waals surface area contributed by atoms with Crippen LogP contribution in [0.5, 0.6) is 0 Å². The van der Waals surface area contributed by atoms with Crippen molar-refractivity contribution in [1.82, 2.24) is 5.32 Å². The lowest BCUT2D eigenvalue weighted by atomic mass is 9.98. The van der Waals surface area contributed by atoms with E-state index in [1.807, 2.05) is 30.3 Å². The zero-order chi connectivity index (χ0) is 13.9. The molecule has 0 aromatic heterocycles. The first kappa shape index (κ1) is 13.2. The summed E-state index contributed by atoms with van der Waals surface area (Å²) < 4.78 is 0. The predicted molar refractivity (Wildman–Crippen MR) is 81.3 cm³/mol. The zero-order valence-electron chi connectivity index (χ0n) is 10.9. The minimum Gasteiger partial charge on any atom is -0.322 e. The fourth-order valence-corrected chi connectivity index (χ4v) is 2.58. The standard InChI is InChI=1S/C16H15ClN2O/c17-14-2-1-3-15(9-14)19-16(20)12-5-4-11-6-7-18-10-13(11)8-12/h1-5,8-9,18H,6-7,10H2,(H,19,20). The highest BCUT2D eigenvalue weighted by Crippen LogP contribution is 2.19. The molecule has 20 heavy (non-hydrogen) atoms. The number of anilines is 1. The number of benzene rings is 2. The van der Waals surface area contributed by atoms with Crippen molar-refractivity contribution in [3.63, 3.8) is 0 Å². The number of hydrogen-bond donors (Lipinski definition) is 2. The Morgan fingerprint density at radius 2 is 2.05 bits per heavy atom. The minimum atomic E-state index is -0.111. The highest BCUT2D eigenvalue weighted by Gasteiger charge is 2.12. The molecular weight excluding hydrogens is 272 g/mol. The molecule has 0 unspecified atom stereocenters. The van der Waals surface area contributed by atoms with Crippen molar-refractivity contribution in [1.29, 1.82) is 0 Å². The second kappa shape index (κ2) is 5.65. The van der Waals surface area contributed by atoms with Gasteiger partial charge in [-0.05, 0) is 54.4 Å². The second-order valence-corrected chi connectivity index (χ2v) is 5.31. The molecule has 0 atom stereocenters. The van der Waals surface area contributed by atoms with Crippen molar-refractivity contribution < 1.29 is 4.79 Å². The van der Waals surface area contributed by atoms with E-state index in [0.717, 1.165) is 19.5 Å². The Hall–Kier alpha value is -1.84. The van der Waals surface area contributed by atoms with Gasteiger partial charge in [0.25, 0.3) is 5.91 Å². The highest BCUT2D eigenvalue weighted by atomic mass is 35.5. The van der Waals surface area contributed by atoms with Crippen LogP contribution in [0.1, 0.15) is 21.5 Å². The first-order valence-electron chi connectivity index (χ1n) is 6.62. The number of halogens is 1. The molecule has 2 aromatic carbocycles. The van der Waals surface area contributed by atoms with Crippen LogP contribution in [0.2, 0.25) is 5.02 Å². The Bertz CT molecular complexity index is 655. The average Bonchev–Trinajstić information content (AvgIpc) is 2.47. The Labute approximate surface area is 123 Å². The third-order valence-electron chi connectivity index (χ3n) is 3.44. The summed E-state index contributed by atoms with van der Waals surface area (Å²) in [6.07, 6.45) is 1.02. The third-order valence-corrected chi connectivity index (χ3v) is 3.67. The largest absolute Gasteiger partial charge is 0.322 e. The molecule has 1 amide bonds. The van der Waals surface area contributed by atoms with Gasteiger partial charge in [-0.25, -0.2) is 0 Å². The topological polar surface area (TPSA) is 41.1 Å². The molecular formula is C16H15ClN2O. The lowest BCUT2D eigenvalue weighted by Gasteiger charge is -2.17. The number of rotatable bonds is 2. The molecule has 2 aromatic rings. The van der Waals surface area contributed by atoms with Gasteiger partial charge >= 0.3 is 0 Å². The summed E-state index contributed by atoms with van der Waals surface area (Å²) in [4.78, 5) is 12.2. The molecule has 2 N–H and O–H groups in total. The molecule has 0 saturated heterocycles. The first-order valence-corrected chi connectivity index (χ1v) is 6.99. The smallest absolute Gasteiger partial charge is 0.255 e. The van der Waals surface area contributed by atoms with Crippen molar-refractivity contribution in [2.45, 2.75) is 13.0 Å². The maximum Gasteiger partial charge on any atom is 0.255 e. The summed E-state index contributed by atoms with van der Waals surface area (Å²) in [6, 6.07) is 13.0. The van der Waals surface area contributed by atoms with Gasteiger partial charge in [0.2, 0.25) is 0 Å². The van der Waals surface area contributed by atoms with Gasteiger partial charge in [-0.3, -0.25) is 4.79 Å². The number of amides is 1. The SMILES string of the molecule is O=C(Nc1cccc(Cl)c1)c1ccc2c(c1)CNCC2. The summed E-state index contributed by atoms with van der Waals surface area (Å²) in [5, 5.41) is 6.79. The molecule has 0 radical (unpaired) electrons. The van der Waals surface area contributed by atoms with Crippen LogP contribution in [0.25, 0.3) is 0 Å². The van der Waals surface area contributed by atoms with E-state index in [0.29, 0.717) is 16.3 Å². The van der Waals surface area contributed by atoms with Crippen LogP contribution in [0.4, 0.5) is 5.69 Å². The van der Waals surface area contributed by atoms with Crippen LogP contribution in [0.3, 0.4) is 0 Å². The molecule has 3 rings (SSSR count). The zero-order valence-corrected chi connectivity index (χ0v) is 11.7. The Kier molecular flexibility index (Phi) is 3.72. The number of hydrogen-bond acceptors (Lipinski definition) is 2. The first-order chi connectivity index (χ1) is 9.72. The quantitative estimate of drug-likeness (QED) is 0.890. The number of carbonyl (C=O) groups excluding carboxylic acids is 1. The third kappa shape index (κ3) is 2.84. The Morgan fingerprint density at radius 1 is 1.15 bits per heavy atom. The average molecular weight is 287 g/mol. The van der Waals surface area contributed by atoms with E-state index in [1.54, 1.807) is 12.1 Å². The van der Waals surface area contributed by atoms with Crippen molar-refractivity contribution in [2.75, 3.05) is 11.9 Å². The molecule has 0 saturated carbocycles. The fourth-order valence-electron chi connectivity index (χ4n) is 2.39. The molecule has 0 fully saturated rings. The Morgan fingerprint density at radius 3 is 2.90 bits per heavy atom. The van der Waals surface area contributed by atoms with Gasteiger partial charge in [0.15, 0.2) is 0 Å². The van der Waals surface area contributed by atoms with Crippen molar-refractivity contribution in [3.05, 3.63) is 64.2 Å². The van der Waals surface area contributed by atoms with E-state index in [2.05, 4.69) is 10.6 Å². The molecule has 0 bridgehead atoms. The predicted octanol–water partition coefficient (Wildman–Crippen LogP) is 3.24. The number of nitrogens with one attached hydrogen (secondary N) is 2. The molecule has 4 heteroatoms. The van der Waals surface area contributed by atoms with Crippen molar-refractivity contribution >= 4 is 23.2 Å². The van der Waals surface area contributed by atoms with Gasteiger partial charge in [0.1, 0.15) is 0 Å². The van der Waals surface area contributed by atoms with Crippen LogP contribution >= 0.6 is 11.6 Å². The summed E-state index contributed by atoms with van der Waals surface area (Å²) in [5.41, 5.74) is 3.91. The van der Waals surface area contributed by atoms with Crippen LogP contribution in [0.15, 0.2) is 42.5 Å². The molecule has 102 valence electrons. The van der Waals surface area contributed by atoms with Gasteiger partial charge in [-0.2, -0.15) is 0 Å². The summed E-state index contributed by atoms with van der Waals surface area (Å²) in [5.74, 6) is -0.111. The van der Waals surface area contributed by atoms with E-state index in [4.69, 9.17) is 11.6 Å². The van der Waals surface area contributed by atoms with Crippen molar-refractivity contribution in [2.24, 2.45) is 0 Å². The second-order valence-electron chi connectivity index (χ2n) is 4.87. The van der Waals surface area contributed by atoms with E-state index in [1.165, 1.54) is 11.1 Å². The Balaban J connectivity index is 1.80. The van der Waals surface area contributed by atoms with Gasteiger partial charge < -0.3 is 10.6 Å². The molecule has 0 aliphatic carbocycles. The maximum absolute atomic E-state index is 12.2. The van der Waals surface area contributed by atoms with Crippen LogP contribution in [-0.2, 0) is 13.0 Å².